The molecule has 0 bridgehead atoms. The molecule has 5 nitrogen and oxygen atoms in total. The van der Waals surface area contributed by atoms with Crippen LogP contribution in [0.4, 0.5) is 5.82 Å². The molecular weight excluding hydrogens is 300 g/mol. The molecule has 3 rings (SSSR count). The summed E-state index contributed by atoms with van der Waals surface area (Å²) < 4.78 is 0. The summed E-state index contributed by atoms with van der Waals surface area (Å²) in [4.78, 5) is 19.0. The first-order chi connectivity index (χ1) is 11.6. The van der Waals surface area contributed by atoms with Crippen LogP contribution in [0.3, 0.4) is 0 Å². The second-order valence-electron chi connectivity index (χ2n) is 6.58. The summed E-state index contributed by atoms with van der Waals surface area (Å²) in [6.45, 7) is 5.53. The van der Waals surface area contributed by atoms with E-state index in [1.807, 2.05) is 44.2 Å². The van der Waals surface area contributed by atoms with Crippen molar-refractivity contribution in [3.8, 4) is 6.07 Å². The summed E-state index contributed by atoms with van der Waals surface area (Å²) in [5.74, 6) is 1.04. The Hall–Kier alpha value is -2.61. The number of piperidine rings is 1. The Morgan fingerprint density at radius 1 is 1.33 bits per heavy atom. The Morgan fingerprint density at radius 3 is 2.71 bits per heavy atom. The van der Waals surface area contributed by atoms with E-state index in [1.54, 1.807) is 0 Å². The summed E-state index contributed by atoms with van der Waals surface area (Å²) in [6, 6.07) is 12.0. The molecule has 124 valence electrons. The van der Waals surface area contributed by atoms with Gasteiger partial charge in [0.25, 0.3) is 0 Å². The largest absolute Gasteiger partial charge is 0.357 e. The zero-order chi connectivity index (χ0) is 17.1. The van der Waals surface area contributed by atoms with Gasteiger partial charge in [0.15, 0.2) is 0 Å². The highest BCUT2D eigenvalue weighted by molar-refractivity contribution is 5.86. The van der Waals surface area contributed by atoms with E-state index >= 15 is 0 Å². The van der Waals surface area contributed by atoms with E-state index < -0.39 is 0 Å². The Bertz CT molecular complexity index is 786. The fraction of sp³-hybridized carbons (Fsp3) is 0.421. The average Bonchev–Trinajstić information content (AvgIpc) is 2.60. The molecule has 1 aromatic heterocycles. The van der Waals surface area contributed by atoms with Crippen molar-refractivity contribution in [3.63, 3.8) is 0 Å². The molecule has 1 saturated heterocycles. The number of para-hydroxylation sites is 1. The number of benzene rings is 1. The SMILES string of the molecule is CC(C)NC(=O)C1CCN(c2cc(C#N)c3ccccc3n2)CC1. The van der Waals surface area contributed by atoms with Gasteiger partial charge in [-0.15, -0.1) is 0 Å². The Balaban J connectivity index is 1.76. The van der Waals surface area contributed by atoms with Crippen LogP contribution in [-0.2, 0) is 4.79 Å². The molecule has 2 aromatic rings. The first-order valence-corrected chi connectivity index (χ1v) is 8.43. The molecule has 0 radical (unpaired) electrons. The third-order valence-corrected chi connectivity index (χ3v) is 4.44. The highest BCUT2D eigenvalue weighted by Gasteiger charge is 2.26. The second-order valence-corrected chi connectivity index (χ2v) is 6.58. The maximum atomic E-state index is 12.1. The fourth-order valence-corrected chi connectivity index (χ4v) is 3.19. The van der Waals surface area contributed by atoms with Gasteiger partial charge >= 0.3 is 0 Å². The summed E-state index contributed by atoms with van der Waals surface area (Å²) in [5, 5.41) is 13.3. The lowest BCUT2D eigenvalue weighted by Crippen LogP contribution is -2.42. The van der Waals surface area contributed by atoms with Gasteiger partial charge in [0.1, 0.15) is 5.82 Å². The van der Waals surface area contributed by atoms with E-state index in [0.29, 0.717) is 5.56 Å². The van der Waals surface area contributed by atoms with Crippen LogP contribution in [0.1, 0.15) is 32.3 Å². The zero-order valence-corrected chi connectivity index (χ0v) is 14.1. The Morgan fingerprint density at radius 2 is 2.04 bits per heavy atom. The molecule has 24 heavy (non-hydrogen) atoms. The van der Waals surface area contributed by atoms with Crippen LogP contribution in [0.2, 0.25) is 0 Å². The number of hydrogen-bond acceptors (Lipinski definition) is 4. The number of carbonyl (C=O) groups is 1. The van der Waals surface area contributed by atoms with Crippen LogP contribution in [0.5, 0.6) is 0 Å². The lowest BCUT2D eigenvalue weighted by Gasteiger charge is -2.32. The van der Waals surface area contributed by atoms with Crippen LogP contribution in [0.25, 0.3) is 10.9 Å². The van der Waals surface area contributed by atoms with Gasteiger partial charge in [-0.1, -0.05) is 18.2 Å². The van der Waals surface area contributed by atoms with Crippen molar-refractivity contribution < 1.29 is 4.79 Å². The molecule has 1 aromatic carbocycles. The molecule has 0 aliphatic carbocycles. The predicted octanol–water partition coefficient (Wildman–Crippen LogP) is 2.85. The third-order valence-electron chi connectivity index (χ3n) is 4.44. The van der Waals surface area contributed by atoms with Crippen molar-refractivity contribution in [2.45, 2.75) is 32.7 Å². The highest BCUT2D eigenvalue weighted by Crippen LogP contribution is 2.26. The number of nitrogens with one attached hydrogen (secondary N) is 1. The van der Waals surface area contributed by atoms with E-state index in [4.69, 9.17) is 4.98 Å². The number of aromatic nitrogens is 1. The summed E-state index contributed by atoms with van der Waals surface area (Å²) in [6.07, 6.45) is 1.63. The quantitative estimate of drug-likeness (QED) is 0.943. The fourth-order valence-electron chi connectivity index (χ4n) is 3.19. The number of pyridine rings is 1. The van der Waals surface area contributed by atoms with Crippen molar-refractivity contribution in [3.05, 3.63) is 35.9 Å². The zero-order valence-electron chi connectivity index (χ0n) is 14.1. The summed E-state index contributed by atoms with van der Waals surface area (Å²) in [7, 11) is 0. The topological polar surface area (TPSA) is 69.0 Å². The number of amides is 1. The van der Waals surface area contributed by atoms with Gasteiger partial charge in [0, 0.05) is 30.4 Å². The lowest BCUT2D eigenvalue weighted by atomic mass is 9.95. The maximum Gasteiger partial charge on any atom is 0.223 e. The molecule has 5 heteroatoms. The number of nitriles is 1. The standard InChI is InChI=1S/C19H22N4O/c1-13(2)21-19(24)14-7-9-23(10-8-14)18-11-15(12-20)16-5-3-4-6-17(16)22-18/h3-6,11,13-14H,7-10H2,1-2H3,(H,21,24). The smallest absolute Gasteiger partial charge is 0.223 e. The van der Waals surface area contributed by atoms with Gasteiger partial charge in [-0.3, -0.25) is 4.79 Å². The number of hydrogen-bond donors (Lipinski definition) is 1. The van der Waals surface area contributed by atoms with E-state index in [1.165, 1.54) is 0 Å². The first-order valence-electron chi connectivity index (χ1n) is 8.43. The highest BCUT2D eigenvalue weighted by atomic mass is 16.1. The Kier molecular flexibility index (Phi) is 4.66. The van der Waals surface area contributed by atoms with Crippen LogP contribution in [0.15, 0.2) is 30.3 Å². The monoisotopic (exact) mass is 322 g/mol. The van der Waals surface area contributed by atoms with Crippen molar-refractivity contribution in [2.75, 3.05) is 18.0 Å². The summed E-state index contributed by atoms with van der Waals surface area (Å²) >= 11 is 0. The third kappa shape index (κ3) is 3.33. The second kappa shape index (κ2) is 6.88. The Labute approximate surface area is 142 Å². The lowest BCUT2D eigenvalue weighted by molar-refractivity contribution is -0.126. The van der Waals surface area contributed by atoms with E-state index in [-0.39, 0.29) is 17.9 Å². The van der Waals surface area contributed by atoms with Crippen LogP contribution < -0.4 is 10.2 Å². The minimum Gasteiger partial charge on any atom is -0.357 e. The number of anilines is 1. The molecule has 1 aliphatic rings. The van der Waals surface area contributed by atoms with Crippen molar-refractivity contribution in [2.24, 2.45) is 5.92 Å². The molecule has 2 heterocycles. The molecule has 0 unspecified atom stereocenters. The van der Waals surface area contributed by atoms with Crippen molar-refractivity contribution in [1.29, 1.82) is 5.26 Å². The molecule has 1 aliphatic heterocycles. The summed E-state index contributed by atoms with van der Waals surface area (Å²) in [5.41, 5.74) is 1.49. The minimum absolute atomic E-state index is 0.0690. The molecule has 1 fully saturated rings. The first kappa shape index (κ1) is 16.3. The van der Waals surface area contributed by atoms with Crippen LogP contribution >= 0.6 is 0 Å². The van der Waals surface area contributed by atoms with Crippen molar-refractivity contribution >= 4 is 22.6 Å². The van der Waals surface area contributed by atoms with E-state index in [0.717, 1.165) is 42.7 Å². The van der Waals surface area contributed by atoms with Gasteiger partial charge in [0.2, 0.25) is 5.91 Å². The number of fused-ring (bicyclic) bond motifs is 1. The number of rotatable bonds is 3. The molecule has 0 spiro atoms. The molecular formula is C19H22N4O. The van der Waals surface area contributed by atoms with Gasteiger partial charge in [0.05, 0.1) is 17.1 Å². The number of nitrogens with zero attached hydrogens (tertiary/aromatic N) is 3. The van der Waals surface area contributed by atoms with E-state index in [2.05, 4.69) is 16.3 Å². The maximum absolute atomic E-state index is 12.1. The normalized spacial score (nSPS) is 15.5. The van der Waals surface area contributed by atoms with Gasteiger partial charge < -0.3 is 10.2 Å². The molecule has 1 N–H and O–H groups in total. The van der Waals surface area contributed by atoms with Crippen LogP contribution in [0, 0.1) is 17.2 Å². The average molecular weight is 322 g/mol. The predicted molar refractivity (Wildman–Crippen MR) is 94.7 cm³/mol. The van der Waals surface area contributed by atoms with Gasteiger partial charge in [-0.25, -0.2) is 4.98 Å². The van der Waals surface area contributed by atoms with E-state index in [9.17, 15) is 10.1 Å². The van der Waals surface area contributed by atoms with Gasteiger partial charge in [-0.05, 0) is 38.8 Å². The molecule has 0 atom stereocenters. The van der Waals surface area contributed by atoms with Crippen LogP contribution in [-0.4, -0.2) is 30.0 Å². The minimum atomic E-state index is 0.0690. The molecule has 1 amide bonds. The van der Waals surface area contributed by atoms with Gasteiger partial charge in [-0.2, -0.15) is 5.26 Å². The van der Waals surface area contributed by atoms with Crippen molar-refractivity contribution in [1.82, 2.24) is 10.3 Å². The number of carbonyl (C=O) groups excluding carboxylic acids is 1. The molecule has 0 saturated carbocycles.